The lowest BCUT2D eigenvalue weighted by molar-refractivity contribution is -0.152. The van der Waals surface area contributed by atoms with Crippen LogP contribution in [-0.2, 0) is 23.9 Å². The summed E-state index contributed by atoms with van der Waals surface area (Å²) in [6.45, 7) is 18.1. The number of amides is 2. The first-order valence-electron chi connectivity index (χ1n) is 16.9. The van der Waals surface area contributed by atoms with E-state index in [2.05, 4.69) is 21.8 Å². The Kier molecular flexibility index (Phi) is 15.5. The van der Waals surface area contributed by atoms with Gasteiger partial charge in [0.1, 0.15) is 22.5 Å². The quantitative estimate of drug-likeness (QED) is 0.150. The highest BCUT2D eigenvalue weighted by Crippen LogP contribution is 2.35. The molecule has 1 fully saturated rings. The summed E-state index contributed by atoms with van der Waals surface area (Å²) in [6, 6.07) is -1.19. The summed E-state index contributed by atoms with van der Waals surface area (Å²) >= 11 is 1.19. The SMILES string of the molecule is C=C(OC)[C@@H](NC(=O)c1csc([C@@H](C[C@H](C(C)C)N(C)C(=O)[C@@H](CC(=O)[C@@]2(C)CCCN2C)[C@@H](C)CC)OC(=O)CCC)n1)C(C)O. The molecule has 2 N–H and O–H groups in total. The van der Waals surface area contributed by atoms with Crippen molar-refractivity contribution in [3.8, 4) is 0 Å². The van der Waals surface area contributed by atoms with Gasteiger partial charge < -0.3 is 24.8 Å². The van der Waals surface area contributed by atoms with Crippen molar-refractivity contribution < 1.29 is 33.8 Å². The monoisotopic (exact) mass is 678 g/mol. The van der Waals surface area contributed by atoms with Crippen LogP contribution in [0.2, 0.25) is 0 Å². The predicted molar refractivity (Wildman–Crippen MR) is 184 cm³/mol. The van der Waals surface area contributed by atoms with E-state index in [9.17, 15) is 24.3 Å². The number of carbonyl (C=O) groups is 4. The molecule has 2 amide bonds. The minimum absolute atomic E-state index is 0.00473. The largest absolute Gasteiger partial charge is 0.499 e. The van der Waals surface area contributed by atoms with Crippen molar-refractivity contribution in [1.29, 1.82) is 0 Å². The first-order valence-corrected chi connectivity index (χ1v) is 17.8. The third-order valence-electron chi connectivity index (χ3n) is 9.86. The number of likely N-dealkylation sites (N-methyl/N-ethyl adjacent to an activating group) is 1. The van der Waals surface area contributed by atoms with E-state index >= 15 is 0 Å². The molecule has 0 aromatic carbocycles. The molecule has 11 nitrogen and oxygen atoms in total. The maximum Gasteiger partial charge on any atom is 0.306 e. The van der Waals surface area contributed by atoms with Gasteiger partial charge in [-0.05, 0) is 58.5 Å². The molecule has 266 valence electrons. The van der Waals surface area contributed by atoms with Crippen LogP contribution in [0.5, 0.6) is 0 Å². The van der Waals surface area contributed by atoms with Gasteiger partial charge in [-0.2, -0.15) is 0 Å². The summed E-state index contributed by atoms with van der Waals surface area (Å²) in [6.07, 6.45) is 2.00. The summed E-state index contributed by atoms with van der Waals surface area (Å²) in [5, 5.41) is 14.8. The maximum absolute atomic E-state index is 14.2. The van der Waals surface area contributed by atoms with Crippen molar-refractivity contribution >= 4 is 34.9 Å². The molecule has 0 spiro atoms. The molecule has 1 aliphatic heterocycles. The van der Waals surface area contributed by atoms with Crippen LogP contribution in [0.15, 0.2) is 17.7 Å². The third kappa shape index (κ3) is 10.3. The van der Waals surface area contributed by atoms with Gasteiger partial charge in [-0.15, -0.1) is 11.3 Å². The van der Waals surface area contributed by atoms with E-state index in [0.717, 1.165) is 25.8 Å². The lowest BCUT2D eigenvalue weighted by Crippen LogP contribution is -2.50. The number of methoxy groups -OCH3 is 1. The average Bonchev–Trinajstić information content (AvgIpc) is 3.66. The Morgan fingerprint density at radius 2 is 1.87 bits per heavy atom. The first kappa shape index (κ1) is 40.3. The minimum Gasteiger partial charge on any atom is -0.499 e. The molecule has 1 aromatic rings. The highest BCUT2D eigenvalue weighted by Gasteiger charge is 2.44. The van der Waals surface area contributed by atoms with E-state index in [1.54, 1.807) is 17.3 Å². The van der Waals surface area contributed by atoms with Crippen molar-refractivity contribution in [1.82, 2.24) is 20.1 Å². The number of rotatable bonds is 19. The molecular formula is C35H58N4O7S. The Morgan fingerprint density at radius 3 is 2.38 bits per heavy atom. The van der Waals surface area contributed by atoms with Crippen molar-refractivity contribution in [2.24, 2.45) is 17.8 Å². The number of aliphatic hydroxyl groups excluding tert-OH is 1. The zero-order valence-corrected chi connectivity index (χ0v) is 30.9. The van der Waals surface area contributed by atoms with Gasteiger partial charge in [0, 0.05) is 43.6 Å². The normalized spacial score (nSPS) is 20.5. The van der Waals surface area contributed by atoms with Crippen LogP contribution in [0, 0.1) is 17.8 Å². The number of carbonyl (C=O) groups excluding carboxylic acids is 4. The van der Waals surface area contributed by atoms with Crippen LogP contribution in [0.3, 0.4) is 0 Å². The van der Waals surface area contributed by atoms with Crippen LogP contribution >= 0.6 is 11.3 Å². The highest BCUT2D eigenvalue weighted by molar-refractivity contribution is 7.09. The van der Waals surface area contributed by atoms with E-state index in [4.69, 9.17) is 9.47 Å². The Bertz CT molecular complexity index is 1230. The molecular weight excluding hydrogens is 620 g/mol. The number of aromatic nitrogens is 1. The van der Waals surface area contributed by atoms with Crippen LogP contribution in [0.1, 0.15) is 115 Å². The number of hydrogen-bond donors (Lipinski definition) is 2. The second-order valence-corrected chi connectivity index (χ2v) is 14.5. The molecule has 1 unspecified atom stereocenters. The summed E-state index contributed by atoms with van der Waals surface area (Å²) < 4.78 is 11.1. The van der Waals surface area contributed by atoms with E-state index in [0.29, 0.717) is 11.4 Å². The van der Waals surface area contributed by atoms with Gasteiger partial charge in [0.25, 0.3) is 5.91 Å². The predicted octanol–water partition coefficient (Wildman–Crippen LogP) is 5.15. The zero-order valence-electron chi connectivity index (χ0n) is 30.1. The fraction of sp³-hybridized carbons (Fsp3) is 0.743. The Balaban J connectivity index is 2.37. The second kappa shape index (κ2) is 18.1. The topological polar surface area (TPSA) is 138 Å². The molecule has 0 saturated carbocycles. The smallest absolute Gasteiger partial charge is 0.306 e. The van der Waals surface area contributed by atoms with Crippen LogP contribution in [0.4, 0.5) is 0 Å². The Hall–Kier alpha value is -2.83. The molecule has 0 radical (unpaired) electrons. The van der Waals surface area contributed by atoms with Gasteiger partial charge in [-0.1, -0.05) is 47.6 Å². The van der Waals surface area contributed by atoms with Gasteiger partial charge in [0.15, 0.2) is 11.9 Å². The summed E-state index contributed by atoms with van der Waals surface area (Å²) in [5.74, 6) is -1.24. The molecule has 12 heteroatoms. The Labute approximate surface area is 285 Å². The number of likely N-dealkylation sites (tertiary alicyclic amines) is 1. The van der Waals surface area contributed by atoms with Gasteiger partial charge >= 0.3 is 5.97 Å². The van der Waals surface area contributed by atoms with Crippen LogP contribution < -0.4 is 5.32 Å². The standard InChI is InChI=1S/C35H58N4O7S/c1-12-15-30(42)46-28(33-36-26(20-47-33)32(43)37-31(23(6)40)24(7)45-11)19-27(21(3)4)39(10)34(44)25(22(5)13-2)18-29(41)35(8)16-14-17-38(35)9/h20-23,25,27-28,31,40H,7,12-19H2,1-6,8-11H3,(H,37,43)/t22-,23?,25-,27+,28+,31-,35+/m0/s1. The van der Waals surface area contributed by atoms with Crippen molar-refractivity contribution in [2.45, 2.75) is 123 Å². The van der Waals surface area contributed by atoms with E-state index in [1.807, 2.05) is 48.6 Å². The van der Waals surface area contributed by atoms with Gasteiger partial charge in [0.05, 0.1) is 18.8 Å². The molecule has 47 heavy (non-hydrogen) atoms. The summed E-state index contributed by atoms with van der Waals surface area (Å²) in [5.41, 5.74) is -0.469. The van der Waals surface area contributed by atoms with Crippen molar-refractivity contribution in [3.63, 3.8) is 0 Å². The van der Waals surface area contributed by atoms with Crippen molar-refractivity contribution in [3.05, 3.63) is 28.4 Å². The van der Waals surface area contributed by atoms with Gasteiger partial charge in [-0.25, -0.2) is 4.98 Å². The number of hydrogen-bond acceptors (Lipinski definition) is 10. The number of nitrogens with zero attached hydrogens (tertiary/aromatic N) is 3. The van der Waals surface area contributed by atoms with Gasteiger partial charge in [0.2, 0.25) is 5.91 Å². The number of esters is 1. The lowest BCUT2D eigenvalue weighted by Gasteiger charge is -2.38. The average molecular weight is 679 g/mol. The van der Waals surface area contributed by atoms with E-state index in [-0.39, 0.29) is 60.3 Å². The lowest BCUT2D eigenvalue weighted by atomic mass is 9.80. The highest BCUT2D eigenvalue weighted by atomic mass is 32.1. The molecule has 2 rings (SSSR count). The molecule has 2 heterocycles. The van der Waals surface area contributed by atoms with Crippen molar-refractivity contribution in [2.75, 3.05) is 27.7 Å². The number of ether oxygens (including phenoxy) is 2. The summed E-state index contributed by atoms with van der Waals surface area (Å²) in [4.78, 5) is 62.2. The van der Waals surface area contributed by atoms with E-state index < -0.39 is 41.6 Å². The Morgan fingerprint density at radius 1 is 1.21 bits per heavy atom. The third-order valence-corrected chi connectivity index (χ3v) is 10.8. The summed E-state index contributed by atoms with van der Waals surface area (Å²) in [7, 11) is 5.15. The molecule has 7 atom stereocenters. The van der Waals surface area contributed by atoms with Crippen LogP contribution in [0.25, 0.3) is 0 Å². The number of aliphatic hydroxyl groups is 1. The number of thiazole rings is 1. The fourth-order valence-electron chi connectivity index (χ4n) is 6.18. The molecule has 0 bridgehead atoms. The van der Waals surface area contributed by atoms with Gasteiger partial charge in [-0.3, -0.25) is 24.1 Å². The molecule has 0 aliphatic carbocycles. The van der Waals surface area contributed by atoms with E-state index in [1.165, 1.54) is 25.4 Å². The molecule has 1 saturated heterocycles. The fourth-order valence-corrected chi connectivity index (χ4v) is 7.02. The zero-order chi connectivity index (χ0) is 35.6. The number of Topliss-reactive ketones (excluding diaryl/α,β-unsaturated/α-hetero) is 1. The number of ketones is 1. The minimum atomic E-state index is -0.955. The molecule has 1 aromatic heterocycles. The van der Waals surface area contributed by atoms with Crippen LogP contribution in [-0.4, -0.2) is 94.9 Å². The number of nitrogens with one attached hydrogen (secondary N) is 1. The maximum atomic E-state index is 14.2. The first-order chi connectivity index (χ1) is 22.0. The molecule has 1 aliphatic rings. The second-order valence-electron chi connectivity index (χ2n) is 13.6.